The fraction of sp³-hybridized carbons (Fsp3) is 0.500. The van der Waals surface area contributed by atoms with Gasteiger partial charge >= 0.3 is 6.18 Å². The van der Waals surface area contributed by atoms with Crippen molar-refractivity contribution in [1.82, 2.24) is 14.8 Å². The average Bonchev–Trinajstić information content (AvgIpc) is 3.38. The van der Waals surface area contributed by atoms with Gasteiger partial charge in [-0.2, -0.15) is 13.2 Å². The molecule has 5 rings (SSSR count). The maximum Gasteiger partial charge on any atom is 0.401 e. The van der Waals surface area contributed by atoms with Crippen LogP contribution in [-0.2, 0) is 6.42 Å². The second kappa shape index (κ2) is 10.4. The molecule has 2 aromatic carbocycles. The van der Waals surface area contributed by atoms with Crippen molar-refractivity contribution >= 4 is 16.6 Å². The van der Waals surface area contributed by atoms with Crippen LogP contribution in [-0.4, -0.2) is 65.9 Å². The van der Waals surface area contributed by atoms with E-state index >= 15 is 8.78 Å². The van der Waals surface area contributed by atoms with Crippen LogP contribution in [0.1, 0.15) is 43.1 Å². The Hall–Kier alpha value is -2.72. The summed E-state index contributed by atoms with van der Waals surface area (Å²) in [5.41, 5.74) is 1.72. The Labute approximate surface area is 218 Å². The van der Waals surface area contributed by atoms with Crippen molar-refractivity contribution in [2.75, 3.05) is 38.2 Å². The van der Waals surface area contributed by atoms with Crippen molar-refractivity contribution in [3.63, 3.8) is 0 Å². The van der Waals surface area contributed by atoms with Crippen molar-refractivity contribution in [2.24, 2.45) is 5.92 Å². The summed E-state index contributed by atoms with van der Waals surface area (Å²) >= 11 is 0. The lowest BCUT2D eigenvalue weighted by Gasteiger charge is -2.41. The van der Waals surface area contributed by atoms with E-state index in [1.54, 1.807) is 13.0 Å². The van der Waals surface area contributed by atoms with Crippen LogP contribution in [0.2, 0.25) is 0 Å². The van der Waals surface area contributed by atoms with Gasteiger partial charge in [-0.3, -0.25) is 9.29 Å². The molecular formula is C28H32F6N4. The minimum Gasteiger partial charge on any atom is -0.381 e. The molecule has 0 radical (unpaired) electrons. The molecule has 4 nitrogen and oxygen atoms in total. The third-order valence-electron chi connectivity index (χ3n) is 7.88. The molecule has 0 unspecified atom stereocenters. The maximum absolute atomic E-state index is 15.7. The molecule has 206 valence electrons. The molecule has 0 aliphatic carbocycles. The second-order valence-corrected chi connectivity index (χ2v) is 10.7. The van der Waals surface area contributed by atoms with Crippen LogP contribution in [0.15, 0.2) is 36.4 Å². The standard InChI is InChI=1S/C28H32F6N4/c1-16-13-37(9-5-8-29)14-24(16)35-18-11-21(30)25(22(31)12-18)27-26-20(19-6-3-4-7-23(19)36-26)10-17(2)38(27)15-28(32,33)34/h3-4,6-7,11-12,16-17,24,27,35-36H,5,8-10,13-15H2,1-2H3/t16-,17+,24-,27+/m0/s1. The topological polar surface area (TPSA) is 34.3 Å². The van der Waals surface area contributed by atoms with Gasteiger partial charge in [0, 0.05) is 59.6 Å². The first kappa shape index (κ1) is 26.9. The smallest absolute Gasteiger partial charge is 0.381 e. The molecule has 4 atom stereocenters. The van der Waals surface area contributed by atoms with Gasteiger partial charge in [0.1, 0.15) is 11.6 Å². The molecule has 1 saturated heterocycles. The SMILES string of the molecule is C[C@@H]1Cc2c([nH]c3ccccc23)[C@@H](c2c(F)cc(N[C@H]3CN(CCCF)C[C@@H]3C)cc2F)N1CC(F)(F)F. The van der Waals surface area contributed by atoms with Crippen LogP contribution in [0.25, 0.3) is 10.9 Å². The van der Waals surface area contributed by atoms with Crippen LogP contribution in [0.4, 0.5) is 32.0 Å². The Balaban J connectivity index is 1.51. The first-order valence-electron chi connectivity index (χ1n) is 13.0. The van der Waals surface area contributed by atoms with Gasteiger partial charge in [0.25, 0.3) is 0 Å². The van der Waals surface area contributed by atoms with Crippen LogP contribution >= 0.6 is 0 Å². The number of aromatic nitrogens is 1. The van der Waals surface area contributed by atoms with Crippen molar-refractivity contribution in [2.45, 2.75) is 51.0 Å². The molecule has 0 spiro atoms. The van der Waals surface area contributed by atoms with E-state index in [-0.39, 0.29) is 17.6 Å². The molecule has 2 N–H and O–H groups in total. The molecule has 1 aromatic heterocycles. The van der Waals surface area contributed by atoms with Gasteiger partial charge in [-0.25, -0.2) is 8.78 Å². The summed E-state index contributed by atoms with van der Waals surface area (Å²) in [6, 6.07) is 7.71. The van der Waals surface area contributed by atoms with Gasteiger partial charge in [0.15, 0.2) is 0 Å². The predicted molar refractivity (Wildman–Crippen MR) is 136 cm³/mol. The highest BCUT2D eigenvalue weighted by molar-refractivity contribution is 5.85. The van der Waals surface area contributed by atoms with Crippen LogP contribution in [0.3, 0.4) is 0 Å². The highest BCUT2D eigenvalue weighted by Crippen LogP contribution is 2.44. The van der Waals surface area contributed by atoms with E-state index in [1.807, 2.05) is 25.1 Å². The van der Waals surface area contributed by atoms with E-state index in [1.165, 1.54) is 12.1 Å². The number of H-pyrrole nitrogens is 1. The molecule has 2 aliphatic heterocycles. The highest BCUT2D eigenvalue weighted by atomic mass is 19.4. The molecule has 10 heteroatoms. The molecular weight excluding hydrogens is 506 g/mol. The third-order valence-corrected chi connectivity index (χ3v) is 7.88. The molecule has 1 fully saturated rings. The van der Waals surface area contributed by atoms with E-state index in [0.717, 1.165) is 27.9 Å². The lowest BCUT2D eigenvalue weighted by atomic mass is 9.88. The van der Waals surface area contributed by atoms with Crippen molar-refractivity contribution in [3.05, 3.63) is 64.9 Å². The summed E-state index contributed by atoms with van der Waals surface area (Å²) in [5, 5.41) is 4.04. The number of benzene rings is 2. The third kappa shape index (κ3) is 5.25. The maximum atomic E-state index is 15.7. The van der Waals surface area contributed by atoms with E-state index in [2.05, 4.69) is 15.2 Å². The zero-order valence-electron chi connectivity index (χ0n) is 21.4. The molecule has 0 bridgehead atoms. The number of rotatable bonds is 7. The Kier molecular flexibility index (Phi) is 7.39. The van der Waals surface area contributed by atoms with Gasteiger partial charge < -0.3 is 15.2 Å². The van der Waals surface area contributed by atoms with Gasteiger partial charge in [0.2, 0.25) is 0 Å². The summed E-state index contributed by atoms with van der Waals surface area (Å²) in [6.45, 7) is 3.96. The first-order valence-corrected chi connectivity index (χ1v) is 13.0. The summed E-state index contributed by atoms with van der Waals surface area (Å²) in [5.74, 6) is -1.62. The Morgan fingerprint density at radius 2 is 1.76 bits per heavy atom. The zero-order valence-corrected chi connectivity index (χ0v) is 21.4. The van der Waals surface area contributed by atoms with E-state index in [4.69, 9.17) is 0 Å². The van der Waals surface area contributed by atoms with Gasteiger partial charge in [0.05, 0.1) is 19.3 Å². The number of hydrogen-bond donors (Lipinski definition) is 2. The average molecular weight is 539 g/mol. The largest absolute Gasteiger partial charge is 0.401 e. The highest BCUT2D eigenvalue weighted by Gasteiger charge is 2.44. The number of nitrogens with one attached hydrogen (secondary N) is 2. The molecule has 38 heavy (non-hydrogen) atoms. The summed E-state index contributed by atoms with van der Waals surface area (Å²) < 4.78 is 85.0. The van der Waals surface area contributed by atoms with E-state index in [0.29, 0.717) is 31.6 Å². The fourth-order valence-electron chi connectivity index (χ4n) is 6.14. The minimum absolute atomic E-state index is 0.0870. The molecule has 3 aromatic rings. The number of para-hydroxylation sites is 1. The van der Waals surface area contributed by atoms with Crippen molar-refractivity contribution in [1.29, 1.82) is 0 Å². The predicted octanol–water partition coefficient (Wildman–Crippen LogP) is 6.44. The molecule has 2 aliphatic rings. The van der Waals surface area contributed by atoms with Gasteiger partial charge in [-0.15, -0.1) is 0 Å². The Morgan fingerprint density at radius 1 is 1.05 bits per heavy atom. The molecule has 0 amide bonds. The monoisotopic (exact) mass is 538 g/mol. The zero-order chi connectivity index (χ0) is 27.2. The number of nitrogens with zero attached hydrogens (tertiary/aromatic N) is 2. The van der Waals surface area contributed by atoms with Crippen molar-refractivity contribution < 1.29 is 26.3 Å². The number of anilines is 1. The van der Waals surface area contributed by atoms with Crippen LogP contribution in [0.5, 0.6) is 0 Å². The summed E-state index contributed by atoms with van der Waals surface area (Å²) in [6.07, 6.45) is -3.79. The number of hydrogen-bond acceptors (Lipinski definition) is 3. The normalized spacial score (nSPS) is 24.7. The number of alkyl halides is 4. The van der Waals surface area contributed by atoms with Gasteiger partial charge in [-0.05, 0) is 49.4 Å². The van der Waals surface area contributed by atoms with Crippen LogP contribution in [0, 0.1) is 17.6 Å². The lowest BCUT2D eigenvalue weighted by molar-refractivity contribution is -0.155. The summed E-state index contributed by atoms with van der Waals surface area (Å²) in [4.78, 5) is 6.41. The second-order valence-electron chi connectivity index (χ2n) is 10.7. The minimum atomic E-state index is -4.54. The van der Waals surface area contributed by atoms with E-state index < -0.39 is 48.7 Å². The molecule has 0 saturated carbocycles. The van der Waals surface area contributed by atoms with Crippen LogP contribution < -0.4 is 5.32 Å². The van der Waals surface area contributed by atoms with Crippen molar-refractivity contribution in [3.8, 4) is 0 Å². The number of halogens is 6. The Bertz CT molecular complexity index is 1270. The van der Waals surface area contributed by atoms with E-state index in [9.17, 15) is 17.6 Å². The quantitative estimate of drug-likeness (QED) is 0.340. The number of likely N-dealkylation sites (tertiary alicyclic amines) is 1. The summed E-state index contributed by atoms with van der Waals surface area (Å²) in [7, 11) is 0. The van der Waals surface area contributed by atoms with Gasteiger partial charge in [-0.1, -0.05) is 25.1 Å². The lowest BCUT2D eigenvalue weighted by Crippen LogP contribution is -2.47. The Morgan fingerprint density at radius 3 is 2.45 bits per heavy atom. The molecule has 3 heterocycles. The number of aromatic amines is 1. The number of fused-ring (bicyclic) bond motifs is 3. The fourth-order valence-corrected chi connectivity index (χ4v) is 6.14. The first-order chi connectivity index (χ1) is 18.1.